The van der Waals surface area contributed by atoms with E-state index in [1.807, 2.05) is 54.7 Å². The molecule has 49 heavy (non-hydrogen) atoms. The molecule has 2 saturated heterocycles. The van der Waals surface area contributed by atoms with Crippen LogP contribution in [0.5, 0.6) is 0 Å². The van der Waals surface area contributed by atoms with E-state index < -0.39 is 21.7 Å². The minimum absolute atomic E-state index is 0.131. The first-order valence-electron chi connectivity index (χ1n) is 17.9. The Morgan fingerprint density at radius 2 is 1.59 bits per heavy atom. The summed E-state index contributed by atoms with van der Waals surface area (Å²) in [6, 6.07) is 8.63. The number of nitrogens with zero attached hydrogens (tertiary/aromatic N) is 6. The van der Waals surface area contributed by atoms with Gasteiger partial charge in [-0.25, -0.2) is 9.78 Å². The summed E-state index contributed by atoms with van der Waals surface area (Å²) >= 11 is 0. The number of aromatic nitrogens is 4. The number of ether oxygens (including phenoxy) is 3. The molecule has 0 aliphatic carbocycles. The SMILES string of the molecule is C=Cc1ccc(-c2cnn3c(N(COCC[Si](C)(C)C)COCC[Si](C)(C)C)cc([C@@H]4C[C@H]5CC[C@@H](C4)N5C(=O)OC(C)(C)C)nc23)cn1. The fourth-order valence-electron chi connectivity index (χ4n) is 6.60. The van der Waals surface area contributed by atoms with E-state index in [-0.39, 0.29) is 24.1 Å². The third kappa shape index (κ3) is 9.80. The molecular weight excluding hydrogens is 649 g/mol. The van der Waals surface area contributed by atoms with Crippen molar-refractivity contribution in [3.63, 3.8) is 0 Å². The zero-order valence-corrected chi connectivity index (χ0v) is 33.3. The highest BCUT2D eigenvalue weighted by Crippen LogP contribution is 2.44. The molecule has 0 radical (unpaired) electrons. The topological polar surface area (TPSA) is 94.3 Å². The van der Waals surface area contributed by atoms with Crippen LogP contribution in [0.2, 0.25) is 51.4 Å². The van der Waals surface area contributed by atoms with Crippen LogP contribution < -0.4 is 4.90 Å². The number of carbonyl (C=O) groups is 1. The monoisotopic (exact) mass is 706 g/mol. The molecule has 1 amide bonds. The second kappa shape index (κ2) is 15.0. The number of hydrogen-bond donors (Lipinski definition) is 0. The highest BCUT2D eigenvalue weighted by Gasteiger charge is 2.45. The zero-order chi connectivity index (χ0) is 35.6. The number of carbonyl (C=O) groups excluding carboxylic acids is 1. The van der Waals surface area contributed by atoms with Crippen LogP contribution in [0.25, 0.3) is 22.9 Å². The van der Waals surface area contributed by atoms with Gasteiger partial charge in [0.05, 0.1) is 11.9 Å². The molecule has 0 aromatic carbocycles. The van der Waals surface area contributed by atoms with Crippen molar-refractivity contribution in [3.05, 3.63) is 48.6 Å². The molecule has 2 fully saturated rings. The fraction of sp³-hybridized carbons (Fsp3) is 0.622. The molecule has 5 rings (SSSR count). The van der Waals surface area contributed by atoms with Crippen molar-refractivity contribution in [2.75, 3.05) is 31.6 Å². The fourth-order valence-corrected chi connectivity index (χ4v) is 8.11. The first-order chi connectivity index (χ1) is 23.0. The second-order valence-corrected chi connectivity index (χ2v) is 28.4. The van der Waals surface area contributed by atoms with Crippen molar-refractivity contribution in [2.45, 2.75) is 121 Å². The number of piperidine rings is 1. The Morgan fingerprint density at radius 1 is 0.980 bits per heavy atom. The van der Waals surface area contributed by atoms with Gasteiger partial charge in [0, 0.05) is 76.4 Å². The molecule has 0 spiro atoms. The van der Waals surface area contributed by atoms with E-state index in [1.165, 1.54) is 0 Å². The summed E-state index contributed by atoms with van der Waals surface area (Å²) in [5, 5.41) is 4.89. The Morgan fingerprint density at radius 3 is 2.10 bits per heavy atom. The van der Waals surface area contributed by atoms with Crippen LogP contribution in [0.4, 0.5) is 10.6 Å². The number of anilines is 1. The molecule has 2 aliphatic heterocycles. The van der Waals surface area contributed by atoms with Crippen molar-refractivity contribution < 1.29 is 19.0 Å². The van der Waals surface area contributed by atoms with Gasteiger partial charge in [-0.1, -0.05) is 51.9 Å². The average molecular weight is 707 g/mol. The second-order valence-electron chi connectivity index (χ2n) is 17.2. The van der Waals surface area contributed by atoms with Crippen molar-refractivity contribution in [1.82, 2.24) is 24.5 Å². The molecule has 0 saturated carbocycles. The zero-order valence-electron chi connectivity index (χ0n) is 31.3. The van der Waals surface area contributed by atoms with E-state index in [2.05, 4.69) is 61.8 Å². The lowest BCUT2D eigenvalue weighted by molar-refractivity contribution is 0.00569. The van der Waals surface area contributed by atoms with E-state index in [0.29, 0.717) is 26.7 Å². The molecule has 0 N–H and O–H groups in total. The summed E-state index contributed by atoms with van der Waals surface area (Å²) in [6.45, 7) is 26.1. The quantitative estimate of drug-likeness (QED) is 0.0936. The molecule has 10 nitrogen and oxygen atoms in total. The summed E-state index contributed by atoms with van der Waals surface area (Å²) in [7, 11) is -2.52. The smallest absolute Gasteiger partial charge is 0.410 e. The van der Waals surface area contributed by atoms with E-state index in [9.17, 15) is 4.79 Å². The van der Waals surface area contributed by atoms with Gasteiger partial charge in [0.25, 0.3) is 0 Å². The number of hydrogen-bond acceptors (Lipinski definition) is 8. The normalized spacial score (nSPS) is 19.8. The van der Waals surface area contributed by atoms with Gasteiger partial charge in [0.1, 0.15) is 24.9 Å². The standard InChI is InChI=1S/C37H58N6O4Si2/c1-11-29-13-12-27(23-38-29)32-24-39-43-34(41(25-45-16-18-48(5,6)7)26-46-17-19-49(8,9)10)22-33(40-35(32)43)28-20-30-14-15-31(21-28)42(30)36(44)47-37(2,3)4/h11-13,22-24,28,30-31H,1,14-21,25-26H2,2-10H3/t28-,30-,31+. The molecule has 2 bridgehead atoms. The predicted octanol–water partition coefficient (Wildman–Crippen LogP) is 8.51. The van der Waals surface area contributed by atoms with Gasteiger partial charge in [-0.2, -0.15) is 9.61 Å². The molecule has 3 aromatic heterocycles. The first kappa shape index (κ1) is 37.2. The molecule has 12 heteroatoms. The lowest BCUT2D eigenvalue weighted by atomic mass is 9.88. The molecule has 0 unspecified atom stereocenters. The molecule has 268 valence electrons. The van der Waals surface area contributed by atoms with Crippen LogP contribution >= 0.6 is 0 Å². The maximum absolute atomic E-state index is 13.3. The Balaban J connectivity index is 1.51. The lowest BCUT2D eigenvalue weighted by Gasteiger charge is -2.39. The summed E-state index contributed by atoms with van der Waals surface area (Å²) in [5.74, 6) is 1.08. The average Bonchev–Trinajstić information content (AvgIpc) is 3.56. The van der Waals surface area contributed by atoms with E-state index >= 15 is 0 Å². The van der Waals surface area contributed by atoms with Gasteiger partial charge in [-0.15, -0.1) is 0 Å². The molecule has 2 aliphatic rings. The lowest BCUT2D eigenvalue weighted by Crippen LogP contribution is -2.48. The van der Waals surface area contributed by atoms with Crippen molar-refractivity contribution in [2.24, 2.45) is 0 Å². The highest BCUT2D eigenvalue weighted by molar-refractivity contribution is 6.76. The van der Waals surface area contributed by atoms with E-state index in [1.54, 1.807) is 6.08 Å². The molecule has 3 aromatic rings. The minimum Gasteiger partial charge on any atom is -0.444 e. The Labute approximate surface area is 295 Å². The number of amides is 1. The predicted molar refractivity (Wildman–Crippen MR) is 204 cm³/mol. The Bertz CT molecular complexity index is 1560. The number of pyridine rings is 1. The van der Waals surface area contributed by atoms with Gasteiger partial charge in [-0.05, 0) is 70.7 Å². The number of rotatable bonds is 14. The third-order valence-electron chi connectivity index (χ3n) is 9.35. The summed E-state index contributed by atoms with van der Waals surface area (Å²) in [6.07, 6.45) is 8.94. The van der Waals surface area contributed by atoms with Crippen LogP contribution in [0.3, 0.4) is 0 Å². The van der Waals surface area contributed by atoms with Crippen LogP contribution in [-0.2, 0) is 14.2 Å². The molecule has 3 atom stereocenters. The highest BCUT2D eigenvalue weighted by atomic mass is 28.3. The van der Waals surface area contributed by atoms with Crippen molar-refractivity contribution >= 4 is 39.8 Å². The first-order valence-corrected chi connectivity index (χ1v) is 25.3. The van der Waals surface area contributed by atoms with E-state index in [0.717, 1.165) is 71.8 Å². The van der Waals surface area contributed by atoms with Gasteiger partial charge in [0.15, 0.2) is 5.65 Å². The van der Waals surface area contributed by atoms with E-state index in [4.69, 9.17) is 24.3 Å². The van der Waals surface area contributed by atoms with Crippen molar-refractivity contribution in [1.29, 1.82) is 0 Å². The van der Waals surface area contributed by atoms with Crippen LogP contribution in [0.15, 0.2) is 37.2 Å². The van der Waals surface area contributed by atoms with Crippen LogP contribution in [-0.4, -0.2) is 91.1 Å². The summed E-state index contributed by atoms with van der Waals surface area (Å²) in [5.41, 5.74) is 3.94. The molecule has 5 heterocycles. The van der Waals surface area contributed by atoms with Gasteiger partial charge in [-0.3, -0.25) is 4.98 Å². The van der Waals surface area contributed by atoms with Gasteiger partial charge >= 0.3 is 6.09 Å². The Kier molecular flexibility index (Phi) is 11.4. The van der Waals surface area contributed by atoms with Crippen LogP contribution in [0, 0.1) is 0 Å². The maximum atomic E-state index is 13.3. The summed E-state index contributed by atoms with van der Waals surface area (Å²) in [4.78, 5) is 27.3. The Hall–Kier alpha value is -3.07. The number of fused-ring (bicyclic) bond motifs is 3. The maximum Gasteiger partial charge on any atom is 0.410 e. The minimum atomic E-state index is -1.26. The van der Waals surface area contributed by atoms with Crippen LogP contribution in [0.1, 0.15) is 63.8 Å². The third-order valence-corrected chi connectivity index (χ3v) is 12.8. The van der Waals surface area contributed by atoms with Crippen molar-refractivity contribution in [3.8, 4) is 11.1 Å². The summed E-state index contributed by atoms with van der Waals surface area (Å²) < 4.78 is 20.5. The largest absolute Gasteiger partial charge is 0.444 e. The van der Waals surface area contributed by atoms with Gasteiger partial charge < -0.3 is 24.0 Å². The molecular formula is C37H58N6O4Si2. The van der Waals surface area contributed by atoms with Gasteiger partial charge in [0.2, 0.25) is 0 Å².